The van der Waals surface area contributed by atoms with Crippen molar-refractivity contribution in [3.63, 3.8) is 0 Å². The van der Waals surface area contributed by atoms with E-state index in [1.54, 1.807) is 12.1 Å². The Balaban J connectivity index is 1.51. The molecule has 2 heterocycles. The molecule has 1 atom stereocenters. The zero-order valence-electron chi connectivity index (χ0n) is 14.0. The topological polar surface area (TPSA) is 41.6 Å². The fourth-order valence-corrected chi connectivity index (χ4v) is 3.69. The van der Waals surface area contributed by atoms with Crippen LogP contribution in [0.25, 0.3) is 0 Å². The normalized spacial score (nSPS) is 23.5. The third-order valence-corrected chi connectivity index (χ3v) is 5.11. The molecule has 3 rings (SSSR count). The number of likely N-dealkylation sites (tertiary alicyclic amines) is 1. The Kier molecular flexibility index (Phi) is 5.15. The van der Waals surface area contributed by atoms with Crippen molar-refractivity contribution in [3.05, 3.63) is 35.4 Å². The zero-order chi connectivity index (χ0) is 17.2. The Hall–Kier alpha value is -1.53. The Morgan fingerprint density at radius 3 is 2.79 bits per heavy atom. The van der Waals surface area contributed by atoms with Crippen LogP contribution in [0.4, 0.5) is 8.78 Å². The van der Waals surface area contributed by atoms with E-state index in [-0.39, 0.29) is 17.6 Å². The van der Waals surface area contributed by atoms with Gasteiger partial charge in [0.15, 0.2) is 11.6 Å². The standard InChI is InChI=1S/C18H24F2N2O2/c1-13(23)21-11-15-5-6-18(24-15)7-9-22(10-8-18)12-14-3-2-4-16(19)17(14)20/h2-4,15H,5-12H2,1H3,(H,21,23). The van der Waals surface area contributed by atoms with Crippen LogP contribution >= 0.6 is 0 Å². The van der Waals surface area contributed by atoms with Crippen LogP contribution in [-0.2, 0) is 16.1 Å². The first-order valence-electron chi connectivity index (χ1n) is 8.55. The summed E-state index contributed by atoms with van der Waals surface area (Å²) in [7, 11) is 0. The maximum atomic E-state index is 13.8. The first-order valence-corrected chi connectivity index (χ1v) is 8.55. The highest BCUT2D eigenvalue weighted by atomic mass is 19.2. The average molecular weight is 338 g/mol. The van der Waals surface area contributed by atoms with Crippen LogP contribution < -0.4 is 5.32 Å². The number of benzene rings is 1. The number of carbonyl (C=O) groups is 1. The van der Waals surface area contributed by atoms with E-state index in [0.29, 0.717) is 18.7 Å². The number of ether oxygens (including phenoxy) is 1. The van der Waals surface area contributed by atoms with Gasteiger partial charge in [-0.15, -0.1) is 0 Å². The van der Waals surface area contributed by atoms with Gasteiger partial charge in [-0.3, -0.25) is 9.69 Å². The van der Waals surface area contributed by atoms with Gasteiger partial charge in [0, 0.05) is 38.7 Å². The van der Waals surface area contributed by atoms with Gasteiger partial charge in [-0.25, -0.2) is 8.78 Å². The number of nitrogens with one attached hydrogen (secondary N) is 1. The molecule has 1 aromatic carbocycles. The highest BCUT2D eigenvalue weighted by Crippen LogP contribution is 2.39. The van der Waals surface area contributed by atoms with Crippen LogP contribution in [0.5, 0.6) is 0 Å². The van der Waals surface area contributed by atoms with E-state index in [1.807, 2.05) is 0 Å². The van der Waals surface area contributed by atoms with Gasteiger partial charge in [0.05, 0.1) is 11.7 Å². The Morgan fingerprint density at radius 1 is 1.33 bits per heavy atom. The maximum absolute atomic E-state index is 13.8. The van der Waals surface area contributed by atoms with Crippen molar-refractivity contribution in [2.75, 3.05) is 19.6 Å². The van der Waals surface area contributed by atoms with Gasteiger partial charge in [0.2, 0.25) is 5.91 Å². The molecule has 1 spiro atoms. The van der Waals surface area contributed by atoms with E-state index < -0.39 is 11.6 Å². The number of carbonyl (C=O) groups excluding carboxylic acids is 1. The molecule has 2 fully saturated rings. The third-order valence-electron chi connectivity index (χ3n) is 5.11. The molecule has 0 aliphatic carbocycles. The molecule has 132 valence electrons. The first-order chi connectivity index (χ1) is 11.5. The molecule has 24 heavy (non-hydrogen) atoms. The summed E-state index contributed by atoms with van der Waals surface area (Å²) in [5, 5.41) is 2.81. The SMILES string of the molecule is CC(=O)NCC1CCC2(CCN(Cc3cccc(F)c3F)CC2)O1. The molecule has 6 heteroatoms. The lowest BCUT2D eigenvalue weighted by Crippen LogP contribution is -2.44. The predicted molar refractivity (Wildman–Crippen MR) is 86.4 cm³/mol. The van der Waals surface area contributed by atoms with Gasteiger partial charge < -0.3 is 10.1 Å². The Labute approximate surface area is 141 Å². The second-order valence-electron chi connectivity index (χ2n) is 6.89. The van der Waals surface area contributed by atoms with Crippen molar-refractivity contribution in [3.8, 4) is 0 Å². The van der Waals surface area contributed by atoms with Crippen LogP contribution in [0.15, 0.2) is 18.2 Å². The van der Waals surface area contributed by atoms with Crippen molar-refractivity contribution < 1.29 is 18.3 Å². The summed E-state index contributed by atoms with van der Waals surface area (Å²) in [4.78, 5) is 13.2. The monoisotopic (exact) mass is 338 g/mol. The highest BCUT2D eigenvalue weighted by molar-refractivity contribution is 5.72. The summed E-state index contributed by atoms with van der Waals surface area (Å²) in [6.45, 7) is 4.12. The molecule has 0 saturated carbocycles. The second-order valence-corrected chi connectivity index (χ2v) is 6.89. The van der Waals surface area contributed by atoms with E-state index in [0.717, 1.165) is 44.8 Å². The summed E-state index contributed by atoms with van der Waals surface area (Å²) < 4.78 is 33.3. The number of halogens is 2. The third kappa shape index (κ3) is 3.92. The number of amides is 1. The largest absolute Gasteiger partial charge is 0.370 e. The molecule has 2 aliphatic heterocycles. The van der Waals surface area contributed by atoms with Gasteiger partial charge >= 0.3 is 0 Å². The first kappa shape index (κ1) is 17.3. The number of nitrogens with zero attached hydrogens (tertiary/aromatic N) is 1. The number of hydrogen-bond acceptors (Lipinski definition) is 3. The molecule has 4 nitrogen and oxygen atoms in total. The minimum Gasteiger partial charge on any atom is -0.370 e. The summed E-state index contributed by atoms with van der Waals surface area (Å²) in [5.41, 5.74) is 0.293. The molecular formula is C18H24F2N2O2. The van der Waals surface area contributed by atoms with Crippen molar-refractivity contribution in [1.29, 1.82) is 0 Å². The molecule has 2 saturated heterocycles. The van der Waals surface area contributed by atoms with Crippen molar-refractivity contribution >= 4 is 5.91 Å². The Bertz CT molecular complexity index is 601. The van der Waals surface area contributed by atoms with Gasteiger partial charge in [-0.05, 0) is 31.7 Å². The number of rotatable bonds is 4. The van der Waals surface area contributed by atoms with Crippen LogP contribution in [0, 0.1) is 11.6 Å². The minimum atomic E-state index is -0.791. The van der Waals surface area contributed by atoms with Crippen molar-refractivity contribution in [2.24, 2.45) is 0 Å². The summed E-state index contributed by atoms with van der Waals surface area (Å²) in [6.07, 6.45) is 3.82. The van der Waals surface area contributed by atoms with Gasteiger partial charge in [0.25, 0.3) is 0 Å². The lowest BCUT2D eigenvalue weighted by atomic mass is 9.88. The van der Waals surface area contributed by atoms with Crippen LogP contribution in [0.3, 0.4) is 0 Å². The predicted octanol–water partition coefficient (Wildman–Crippen LogP) is 2.61. The van der Waals surface area contributed by atoms with Gasteiger partial charge in [0.1, 0.15) is 0 Å². The molecule has 0 aromatic heterocycles. The van der Waals surface area contributed by atoms with Gasteiger partial charge in [-0.2, -0.15) is 0 Å². The molecule has 1 amide bonds. The van der Waals surface area contributed by atoms with Crippen LogP contribution in [-0.4, -0.2) is 42.1 Å². The molecule has 0 bridgehead atoms. The second kappa shape index (κ2) is 7.15. The lowest BCUT2D eigenvalue weighted by molar-refractivity contribution is -0.120. The summed E-state index contributed by atoms with van der Waals surface area (Å²) in [6, 6.07) is 4.33. The smallest absolute Gasteiger partial charge is 0.216 e. The number of piperidine rings is 1. The lowest BCUT2D eigenvalue weighted by Gasteiger charge is -2.39. The van der Waals surface area contributed by atoms with E-state index in [9.17, 15) is 13.6 Å². The zero-order valence-corrected chi connectivity index (χ0v) is 14.0. The molecule has 1 unspecified atom stereocenters. The molecule has 1 aromatic rings. The average Bonchev–Trinajstić information content (AvgIpc) is 2.95. The molecule has 1 N–H and O–H groups in total. The van der Waals surface area contributed by atoms with Crippen molar-refractivity contribution in [1.82, 2.24) is 10.2 Å². The number of hydrogen-bond donors (Lipinski definition) is 1. The minimum absolute atomic E-state index is 0.0357. The van der Waals surface area contributed by atoms with E-state index in [1.165, 1.54) is 6.92 Å². The highest BCUT2D eigenvalue weighted by Gasteiger charge is 2.42. The van der Waals surface area contributed by atoms with Crippen LogP contribution in [0.2, 0.25) is 0 Å². The molecule has 2 aliphatic rings. The van der Waals surface area contributed by atoms with Crippen LogP contribution in [0.1, 0.15) is 38.2 Å². The van der Waals surface area contributed by atoms with Gasteiger partial charge in [-0.1, -0.05) is 12.1 Å². The van der Waals surface area contributed by atoms with Crippen molar-refractivity contribution in [2.45, 2.75) is 50.9 Å². The summed E-state index contributed by atoms with van der Waals surface area (Å²) in [5.74, 6) is -1.57. The Morgan fingerprint density at radius 2 is 2.08 bits per heavy atom. The molecular weight excluding hydrogens is 314 g/mol. The van der Waals surface area contributed by atoms with E-state index in [4.69, 9.17) is 4.74 Å². The molecule has 0 radical (unpaired) electrons. The quantitative estimate of drug-likeness (QED) is 0.918. The maximum Gasteiger partial charge on any atom is 0.216 e. The fourth-order valence-electron chi connectivity index (χ4n) is 3.69. The summed E-state index contributed by atoms with van der Waals surface area (Å²) >= 11 is 0. The van der Waals surface area contributed by atoms with E-state index in [2.05, 4.69) is 10.2 Å². The van der Waals surface area contributed by atoms with E-state index >= 15 is 0 Å². The fraction of sp³-hybridized carbons (Fsp3) is 0.611.